The molecule has 4 rings (SSSR count). The number of hydrogen-bond donors (Lipinski definition) is 3. The molecule has 2 unspecified atom stereocenters. The van der Waals surface area contributed by atoms with Gasteiger partial charge in [-0.25, -0.2) is 9.78 Å². The Morgan fingerprint density at radius 1 is 1.00 bits per heavy atom. The molecule has 2 heterocycles. The molecule has 0 aliphatic carbocycles. The number of carboxylic acid groups (broad SMARTS) is 1. The van der Waals surface area contributed by atoms with Gasteiger partial charge in [0.05, 0.1) is 18.0 Å². The molecule has 0 saturated carbocycles. The zero-order valence-electron chi connectivity index (χ0n) is 22.1. The number of pyridine rings is 1. The summed E-state index contributed by atoms with van der Waals surface area (Å²) in [6, 6.07) is 15.9. The number of halogens is 1. The van der Waals surface area contributed by atoms with E-state index >= 15 is 0 Å². The number of nitrogens with zero attached hydrogens (tertiary/aromatic N) is 3. The van der Waals surface area contributed by atoms with Gasteiger partial charge in [0, 0.05) is 25.0 Å². The van der Waals surface area contributed by atoms with Crippen molar-refractivity contribution in [3.8, 4) is 0 Å². The van der Waals surface area contributed by atoms with Crippen LogP contribution in [-0.2, 0) is 9.59 Å². The SMILES string of the molecule is Cc1cccc(NC(=O)N2CCCN(C(=O)c3cccnc3Cl)C2C(=O)NC(CC(=O)O)c2cccc(C)c2)c1. The number of aryl methyl sites for hydroxylation is 2. The minimum Gasteiger partial charge on any atom is -0.481 e. The number of carbonyl (C=O) groups is 4. The minimum atomic E-state index is -1.37. The van der Waals surface area contributed by atoms with E-state index in [2.05, 4.69) is 15.6 Å². The van der Waals surface area contributed by atoms with Crippen molar-refractivity contribution in [2.75, 3.05) is 18.4 Å². The Bertz CT molecular complexity index is 1430. The molecule has 1 aliphatic heterocycles. The van der Waals surface area contributed by atoms with Gasteiger partial charge >= 0.3 is 12.0 Å². The maximum absolute atomic E-state index is 13.9. The molecule has 0 bridgehead atoms. The van der Waals surface area contributed by atoms with Gasteiger partial charge in [-0.15, -0.1) is 0 Å². The third-order valence-corrected chi connectivity index (χ3v) is 6.84. The third-order valence-electron chi connectivity index (χ3n) is 6.54. The molecular formula is C29H30ClN5O5. The highest BCUT2D eigenvalue weighted by Gasteiger charge is 2.42. The zero-order valence-corrected chi connectivity index (χ0v) is 22.9. The van der Waals surface area contributed by atoms with E-state index in [1.165, 1.54) is 22.1 Å². The molecule has 2 atom stereocenters. The number of amides is 4. The van der Waals surface area contributed by atoms with E-state index in [-0.39, 0.29) is 30.2 Å². The first-order valence-corrected chi connectivity index (χ1v) is 13.2. The molecule has 11 heteroatoms. The highest BCUT2D eigenvalue weighted by atomic mass is 35.5. The van der Waals surface area contributed by atoms with Crippen molar-refractivity contribution >= 4 is 41.1 Å². The molecule has 10 nitrogen and oxygen atoms in total. The van der Waals surface area contributed by atoms with Crippen LogP contribution < -0.4 is 10.6 Å². The van der Waals surface area contributed by atoms with Gasteiger partial charge in [0.2, 0.25) is 0 Å². The normalized spacial score (nSPS) is 15.7. The van der Waals surface area contributed by atoms with Crippen LogP contribution in [0.1, 0.15) is 45.9 Å². The molecule has 3 N–H and O–H groups in total. The molecule has 2 aromatic carbocycles. The number of aromatic nitrogens is 1. The highest BCUT2D eigenvalue weighted by molar-refractivity contribution is 6.32. The smallest absolute Gasteiger partial charge is 0.323 e. The predicted octanol–water partition coefficient (Wildman–Crippen LogP) is 4.39. The van der Waals surface area contributed by atoms with E-state index in [9.17, 15) is 24.3 Å². The van der Waals surface area contributed by atoms with Crippen molar-refractivity contribution in [2.45, 2.75) is 38.9 Å². The number of anilines is 1. The second-order valence-electron chi connectivity index (χ2n) is 9.63. The Balaban J connectivity index is 1.69. The van der Waals surface area contributed by atoms with Gasteiger partial charge in [0.1, 0.15) is 5.15 Å². The second kappa shape index (κ2) is 12.6. The van der Waals surface area contributed by atoms with Gasteiger partial charge in [-0.2, -0.15) is 0 Å². The van der Waals surface area contributed by atoms with Crippen molar-refractivity contribution in [1.29, 1.82) is 0 Å². The topological polar surface area (TPSA) is 132 Å². The highest BCUT2D eigenvalue weighted by Crippen LogP contribution is 2.25. The Morgan fingerprint density at radius 3 is 2.38 bits per heavy atom. The van der Waals surface area contributed by atoms with E-state index in [0.29, 0.717) is 17.7 Å². The number of rotatable bonds is 7. The summed E-state index contributed by atoms with van der Waals surface area (Å²) in [5.74, 6) is -2.38. The fraction of sp³-hybridized carbons (Fsp3) is 0.276. The lowest BCUT2D eigenvalue weighted by molar-refractivity contribution is -0.138. The maximum Gasteiger partial charge on any atom is 0.323 e. The summed E-state index contributed by atoms with van der Waals surface area (Å²) in [4.78, 5) is 59.3. The van der Waals surface area contributed by atoms with Crippen molar-refractivity contribution in [2.24, 2.45) is 0 Å². The largest absolute Gasteiger partial charge is 0.481 e. The molecule has 1 aliphatic rings. The standard InChI is InChI=1S/C29H30ClN5O5/c1-18-7-3-9-20(15-18)23(17-24(36)37)33-26(38)27-34(28(39)22-11-5-12-31-25(22)30)13-6-14-35(27)29(40)32-21-10-4-8-19(2)16-21/h3-5,7-12,15-16,23,27H,6,13-14,17H2,1-2H3,(H,32,40)(H,33,38)(H,36,37). The number of carboxylic acids is 1. The number of nitrogens with one attached hydrogen (secondary N) is 2. The monoisotopic (exact) mass is 563 g/mol. The summed E-state index contributed by atoms with van der Waals surface area (Å²) in [6.07, 6.45) is 0.0908. The van der Waals surface area contributed by atoms with Gasteiger partial charge in [0.25, 0.3) is 11.8 Å². The number of carbonyl (C=O) groups excluding carboxylic acids is 3. The Hall–Kier alpha value is -4.44. The van der Waals surface area contributed by atoms with Crippen LogP contribution in [0.15, 0.2) is 66.9 Å². The number of benzene rings is 2. The van der Waals surface area contributed by atoms with Crippen LogP contribution >= 0.6 is 11.6 Å². The Labute approximate surface area is 237 Å². The summed E-state index contributed by atoms with van der Waals surface area (Å²) < 4.78 is 0. The van der Waals surface area contributed by atoms with E-state index < -0.39 is 36.0 Å². The molecule has 4 amide bonds. The lowest BCUT2D eigenvalue weighted by Crippen LogP contribution is -2.64. The fourth-order valence-corrected chi connectivity index (χ4v) is 4.91. The second-order valence-corrected chi connectivity index (χ2v) is 9.99. The van der Waals surface area contributed by atoms with Gasteiger partial charge in [-0.1, -0.05) is 53.6 Å². The Morgan fingerprint density at radius 2 is 1.70 bits per heavy atom. The molecule has 0 radical (unpaired) electrons. The summed E-state index contributed by atoms with van der Waals surface area (Å²) in [6.45, 7) is 4.11. The first kappa shape index (κ1) is 28.6. The summed E-state index contributed by atoms with van der Waals surface area (Å²) in [5.41, 5.74) is 3.04. The van der Waals surface area contributed by atoms with Crippen molar-refractivity contribution in [3.63, 3.8) is 0 Å². The number of urea groups is 1. The quantitative estimate of drug-likeness (QED) is 0.365. The van der Waals surface area contributed by atoms with E-state index in [4.69, 9.17) is 11.6 Å². The number of hydrogen-bond acceptors (Lipinski definition) is 5. The first-order valence-electron chi connectivity index (χ1n) is 12.8. The molecular weight excluding hydrogens is 534 g/mol. The fourth-order valence-electron chi connectivity index (χ4n) is 4.71. The summed E-state index contributed by atoms with van der Waals surface area (Å²) in [5, 5.41) is 15.1. The lowest BCUT2D eigenvalue weighted by atomic mass is 10.0. The van der Waals surface area contributed by atoms with Gasteiger partial charge < -0.3 is 20.6 Å². The first-order chi connectivity index (χ1) is 19.1. The van der Waals surface area contributed by atoms with Crippen molar-refractivity contribution < 1.29 is 24.3 Å². The summed E-state index contributed by atoms with van der Waals surface area (Å²) in [7, 11) is 0. The van der Waals surface area contributed by atoms with E-state index in [1.807, 2.05) is 26.0 Å². The molecule has 1 fully saturated rings. The minimum absolute atomic E-state index is 0.0310. The van der Waals surface area contributed by atoms with Crippen LogP contribution in [0.4, 0.5) is 10.5 Å². The molecule has 0 spiro atoms. The van der Waals surface area contributed by atoms with Crippen LogP contribution in [-0.4, -0.2) is 63.0 Å². The average molecular weight is 564 g/mol. The van der Waals surface area contributed by atoms with Crippen LogP contribution in [0.5, 0.6) is 0 Å². The number of aliphatic carboxylic acids is 1. The van der Waals surface area contributed by atoms with Crippen LogP contribution in [0.2, 0.25) is 5.15 Å². The molecule has 208 valence electrons. The maximum atomic E-state index is 13.9. The third kappa shape index (κ3) is 6.76. The molecule has 1 saturated heterocycles. The van der Waals surface area contributed by atoms with E-state index in [0.717, 1.165) is 11.1 Å². The summed E-state index contributed by atoms with van der Waals surface area (Å²) >= 11 is 6.21. The van der Waals surface area contributed by atoms with Crippen molar-refractivity contribution in [1.82, 2.24) is 20.1 Å². The molecule has 40 heavy (non-hydrogen) atoms. The molecule has 1 aromatic heterocycles. The van der Waals surface area contributed by atoms with Crippen molar-refractivity contribution in [3.05, 3.63) is 94.3 Å². The van der Waals surface area contributed by atoms with Crippen LogP contribution in [0, 0.1) is 13.8 Å². The van der Waals surface area contributed by atoms with Crippen LogP contribution in [0.3, 0.4) is 0 Å². The van der Waals surface area contributed by atoms with E-state index in [1.54, 1.807) is 42.5 Å². The molecule has 3 aromatic rings. The average Bonchev–Trinajstić information content (AvgIpc) is 2.92. The lowest BCUT2D eigenvalue weighted by Gasteiger charge is -2.43. The predicted molar refractivity (Wildman–Crippen MR) is 150 cm³/mol. The van der Waals surface area contributed by atoms with Crippen LogP contribution in [0.25, 0.3) is 0 Å². The Kier molecular flexibility index (Phi) is 9.00. The van der Waals surface area contributed by atoms with Gasteiger partial charge in [-0.05, 0) is 55.7 Å². The zero-order chi connectivity index (χ0) is 28.8. The van der Waals surface area contributed by atoms with Gasteiger partial charge in [-0.3, -0.25) is 19.3 Å². The van der Waals surface area contributed by atoms with Gasteiger partial charge in [0.15, 0.2) is 6.17 Å².